The van der Waals surface area contributed by atoms with E-state index in [-0.39, 0.29) is 6.04 Å². The minimum absolute atomic E-state index is 0.105. The van der Waals surface area contributed by atoms with Gasteiger partial charge < -0.3 is 0 Å². The highest BCUT2D eigenvalue weighted by molar-refractivity contribution is 7.99. The molecule has 0 radical (unpaired) electrons. The summed E-state index contributed by atoms with van der Waals surface area (Å²) in [7, 11) is 1.95. The molecule has 2 atom stereocenters. The first-order valence-electron chi connectivity index (χ1n) is 5.97. The predicted octanol–water partition coefficient (Wildman–Crippen LogP) is 1.81. The smallest absolute Gasteiger partial charge is 0.0705 e. The standard InChI is InChI=1S/C13H16N4S/c1-17-11(6-7-15-17)13(16-14)10-8-18-12-5-3-2-4-9(10)12/h2-7,10,13,16H,8,14H2,1H3. The second-order valence-electron chi connectivity index (χ2n) is 4.48. The van der Waals surface area contributed by atoms with Crippen molar-refractivity contribution in [2.45, 2.75) is 16.9 Å². The Kier molecular flexibility index (Phi) is 3.11. The molecule has 1 aliphatic heterocycles. The molecule has 1 aromatic heterocycles. The van der Waals surface area contributed by atoms with E-state index in [0.29, 0.717) is 5.92 Å². The number of fused-ring (bicyclic) bond motifs is 1. The summed E-state index contributed by atoms with van der Waals surface area (Å²) >= 11 is 1.90. The summed E-state index contributed by atoms with van der Waals surface area (Å²) in [6.07, 6.45) is 1.81. The van der Waals surface area contributed by atoms with Crippen molar-refractivity contribution in [2.75, 3.05) is 5.75 Å². The summed E-state index contributed by atoms with van der Waals surface area (Å²) in [5.41, 5.74) is 5.46. The molecular weight excluding hydrogens is 244 g/mol. The molecule has 0 amide bonds. The van der Waals surface area contributed by atoms with Gasteiger partial charge in [0.1, 0.15) is 0 Å². The van der Waals surface area contributed by atoms with E-state index < -0.39 is 0 Å². The molecule has 3 rings (SSSR count). The molecule has 0 aliphatic carbocycles. The number of rotatable bonds is 3. The molecule has 3 N–H and O–H groups in total. The molecule has 1 aliphatic rings. The Hall–Kier alpha value is -1.30. The zero-order valence-electron chi connectivity index (χ0n) is 10.2. The summed E-state index contributed by atoms with van der Waals surface area (Å²) in [4.78, 5) is 1.37. The summed E-state index contributed by atoms with van der Waals surface area (Å²) in [6, 6.07) is 10.7. The monoisotopic (exact) mass is 260 g/mol. The predicted molar refractivity (Wildman–Crippen MR) is 73.2 cm³/mol. The molecule has 18 heavy (non-hydrogen) atoms. The number of hydrazine groups is 1. The number of nitrogens with zero attached hydrogens (tertiary/aromatic N) is 2. The van der Waals surface area contributed by atoms with E-state index in [1.54, 1.807) is 0 Å². The van der Waals surface area contributed by atoms with Crippen molar-refractivity contribution in [1.82, 2.24) is 15.2 Å². The number of hydrogen-bond acceptors (Lipinski definition) is 4. The number of aryl methyl sites for hydroxylation is 1. The summed E-state index contributed by atoms with van der Waals surface area (Å²) < 4.78 is 1.89. The van der Waals surface area contributed by atoms with Gasteiger partial charge in [-0.1, -0.05) is 18.2 Å². The Balaban J connectivity index is 1.98. The fraction of sp³-hybridized carbons (Fsp3) is 0.308. The van der Waals surface area contributed by atoms with Crippen molar-refractivity contribution in [2.24, 2.45) is 12.9 Å². The molecular formula is C13H16N4S. The first-order chi connectivity index (χ1) is 8.81. The first-order valence-corrected chi connectivity index (χ1v) is 6.95. The number of nitrogens with two attached hydrogens (primary N) is 1. The Bertz CT molecular complexity index is 551. The third kappa shape index (κ3) is 1.84. The average Bonchev–Trinajstić information content (AvgIpc) is 2.99. The van der Waals surface area contributed by atoms with Gasteiger partial charge in [0.15, 0.2) is 0 Å². The van der Waals surface area contributed by atoms with Crippen molar-refractivity contribution in [3.8, 4) is 0 Å². The van der Waals surface area contributed by atoms with Gasteiger partial charge in [-0.2, -0.15) is 5.10 Å². The van der Waals surface area contributed by atoms with Crippen LogP contribution in [0.2, 0.25) is 0 Å². The van der Waals surface area contributed by atoms with Gasteiger partial charge in [0.05, 0.1) is 11.7 Å². The van der Waals surface area contributed by atoms with Gasteiger partial charge in [-0.3, -0.25) is 16.0 Å². The maximum atomic E-state index is 5.77. The molecule has 0 bridgehead atoms. The quantitative estimate of drug-likeness (QED) is 0.653. The van der Waals surface area contributed by atoms with Gasteiger partial charge >= 0.3 is 0 Å². The summed E-state index contributed by atoms with van der Waals surface area (Å²) in [6.45, 7) is 0. The molecule has 2 heterocycles. The lowest BCUT2D eigenvalue weighted by Gasteiger charge is -2.23. The van der Waals surface area contributed by atoms with E-state index in [4.69, 9.17) is 5.84 Å². The van der Waals surface area contributed by atoms with Crippen LogP contribution < -0.4 is 11.3 Å². The van der Waals surface area contributed by atoms with Gasteiger partial charge in [0, 0.05) is 29.8 Å². The van der Waals surface area contributed by atoms with Crippen molar-refractivity contribution >= 4 is 11.8 Å². The Morgan fingerprint density at radius 1 is 1.44 bits per heavy atom. The van der Waals surface area contributed by atoms with Gasteiger partial charge in [0.2, 0.25) is 0 Å². The number of nitrogens with one attached hydrogen (secondary N) is 1. The average molecular weight is 260 g/mol. The maximum absolute atomic E-state index is 5.77. The number of thioether (sulfide) groups is 1. The Morgan fingerprint density at radius 2 is 2.28 bits per heavy atom. The Labute approximate surface area is 111 Å². The molecule has 94 valence electrons. The number of hydrogen-bond donors (Lipinski definition) is 2. The molecule has 2 unspecified atom stereocenters. The highest BCUT2D eigenvalue weighted by atomic mass is 32.2. The molecule has 2 aromatic rings. The van der Waals surface area contributed by atoms with E-state index in [2.05, 4.69) is 34.8 Å². The largest absolute Gasteiger partial charge is 0.271 e. The molecule has 1 aromatic carbocycles. The number of benzene rings is 1. The van der Waals surface area contributed by atoms with Crippen molar-refractivity contribution < 1.29 is 0 Å². The molecule has 0 saturated carbocycles. The van der Waals surface area contributed by atoms with Crippen LogP contribution in [0.3, 0.4) is 0 Å². The summed E-state index contributed by atoms with van der Waals surface area (Å²) in [5, 5.41) is 4.23. The maximum Gasteiger partial charge on any atom is 0.0705 e. The highest BCUT2D eigenvalue weighted by Crippen LogP contribution is 2.44. The van der Waals surface area contributed by atoms with E-state index in [1.165, 1.54) is 10.5 Å². The van der Waals surface area contributed by atoms with Gasteiger partial charge in [-0.15, -0.1) is 11.8 Å². The van der Waals surface area contributed by atoms with E-state index in [1.807, 2.05) is 35.8 Å². The van der Waals surface area contributed by atoms with Crippen LogP contribution in [0.4, 0.5) is 0 Å². The molecule has 0 fully saturated rings. The van der Waals surface area contributed by atoms with Crippen LogP contribution >= 0.6 is 11.8 Å². The van der Waals surface area contributed by atoms with Gasteiger partial charge in [-0.05, 0) is 17.7 Å². The van der Waals surface area contributed by atoms with Gasteiger partial charge in [0.25, 0.3) is 0 Å². The zero-order chi connectivity index (χ0) is 12.5. The van der Waals surface area contributed by atoms with Crippen molar-refractivity contribution in [3.05, 3.63) is 47.8 Å². The van der Waals surface area contributed by atoms with Crippen molar-refractivity contribution in [1.29, 1.82) is 0 Å². The first kappa shape index (κ1) is 11.8. The van der Waals surface area contributed by atoms with Crippen LogP contribution in [0.5, 0.6) is 0 Å². The zero-order valence-corrected chi connectivity index (χ0v) is 11.0. The minimum Gasteiger partial charge on any atom is -0.271 e. The lowest BCUT2D eigenvalue weighted by atomic mass is 9.91. The highest BCUT2D eigenvalue weighted by Gasteiger charge is 2.31. The van der Waals surface area contributed by atoms with Crippen LogP contribution in [0.15, 0.2) is 41.4 Å². The lowest BCUT2D eigenvalue weighted by molar-refractivity contribution is 0.454. The van der Waals surface area contributed by atoms with Crippen LogP contribution in [0.25, 0.3) is 0 Å². The van der Waals surface area contributed by atoms with E-state index >= 15 is 0 Å². The minimum atomic E-state index is 0.105. The third-order valence-electron chi connectivity index (χ3n) is 3.50. The van der Waals surface area contributed by atoms with Gasteiger partial charge in [-0.25, -0.2) is 0 Å². The van der Waals surface area contributed by atoms with Crippen LogP contribution in [0, 0.1) is 0 Å². The third-order valence-corrected chi connectivity index (χ3v) is 4.70. The normalized spacial score (nSPS) is 19.8. The molecule has 0 spiro atoms. The molecule has 0 saturated heterocycles. The van der Waals surface area contributed by atoms with E-state index in [9.17, 15) is 0 Å². The van der Waals surface area contributed by atoms with Crippen molar-refractivity contribution in [3.63, 3.8) is 0 Å². The van der Waals surface area contributed by atoms with Crippen LogP contribution in [-0.2, 0) is 7.05 Å². The second kappa shape index (κ2) is 4.76. The fourth-order valence-corrected chi connectivity index (χ4v) is 3.85. The van der Waals surface area contributed by atoms with E-state index in [0.717, 1.165) is 11.4 Å². The SMILES string of the molecule is Cn1nccc1C(NN)C1CSc2ccccc21. The summed E-state index contributed by atoms with van der Waals surface area (Å²) in [5.74, 6) is 7.22. The topological polar surface area (TPSA) is 55.9 Å². The Morgan fingerprint density at radius 3 is 3.00 bits per heavy atom. The second-order valence-corrected chi connectivity index (χ2v) is 5.54. The fourth-order valence-electron chi connectivity index (χ4n) is 2.56. The van der Waals surface area contributed by atoms with Crippen LogP contribution in [0.1, 0.15) is 23.2 Å². The molecule has 5 heteroatoms. The molecule has 4 nitrogen and oxygen atoms in total. The lowest BCUT2D eigenvalue weighted by Crippen LogP contribution is -2.34. The van der Waals surface area contributed by atoms with Crippen LogP contribution in [-0.4, -0.2) is 15.5 Å². The number of aromatic nitrogens is 2.